The van der Waals surface area contributed by atoms with Gasteiger partial charge in [-0.1, -0.05) is 51.1 Å². The van der Waals surface area contributed by atoms with E-state index in [1.54, 1.807) is 0 Å². The number of hydrogen-bond donors (Lipinski definition) is 2. The van der Waals surface area contributed by atoms with Crippen LogP contribution >= 0.6 is 0 Å². The van der Waals surface area contributed by atoms with Gasteiger partial charge in [0.2, 0.25) is 5.95 Å². The minimum Gasteiger partial charge on any atom is -0.362 e. The fraction of sp³-hybridized carbons (Fsp3) is 0.548. The van der Waals surface area contributed by atoms with Crippen LogP contribution in [0.3, 0.4) is 0 Å². The Bertz CT molecular complexity index is 1280. The van der Waals surface area contributed by atoms with Gasteiger partial charge in [-0.05, 0) is 63.0 Å². The van der Waals surface area contributed by atoms with Crippen LogP contribution in [0.1, 0.15) is 92.3 Å². The summed E-state index contributed by atoms with van der Waals surface area (Å²) in [4.78, 5) is 25.3. The molecule has 3 aromatic rings. The van der Waals surface area contributed by atoms with Gasteiger partial charge in [0.25, 0.3) is 5.91 Å². The van der Waals surface area contributed by atoms with Crippen molar-refractivity contribution in [3.8, 4) is 0 Å². The van der Waals surface area contributed by atoms with E-state index in [2.05, 4.69) is 62.5 Å². The molecule has 2 N–H and O–H groups in total. The molecular formula is C31H43N7O. The average Bonchev–Trinajstić information content (AvgIpc) is 3.34. The second kappa shape index (κ2) is 11.4. The van der Waals surface area contributed by atoms with Crippen molar-refractivity contribution in [1.82, 2.24) is 25.1 Å². The molecule has 8 nitrogen and oxygen atoms in total. The van der Waals surface area contributed by atoms with E-state index in [9.17, 15) is 4.79 Å². The van der Waals surface area contributed by atoms with Gasteiger partial charge in [0.15, 0.2) is 0 Å². The van der Waals surface area contributed by atoms with E-state index < -0.39 is 0 Å². The zero-order valence-electron chi connectivity index (χ0n) is 24.1. The highest BCUT2D eigenvalue weighted by molar-refractivity contribution is 5.93. The number of anilines is 2. The number of fused-ring (bicyclic) bond motifs is 1. The first kappa shape index (κ1) is 27.2. The van der Waals surface area contributed by atoms with E-state index in [0.717, 1.165) is 61.5 Å². The SMILES string of the molecule is CN(C)c1nc(NC2CCC(NC(=O)c3cc(C(C)(C)C)nn3Cc3ccccc3)CC2)nc2c1CCCC2. The van der Waals surface area contributed by atoms with Gasteiger partial charge in [-0.15, -0.1) is 0 Å². The average molecular weight is 530 g/mol. The molecule has 1 amide bonds. The van der Waals surface area contributed by atoms with Crippen molar-refractivity contribution in [2.75, 3.05) is 24.3 Å². The zero-order valence-corrected chi connectivity index (χ0v) is 24.1. The fourth-order valence-corrected chi connectivity index (χ4v) is 5.68. The van der Waals surface area contributed by atoms with Crippen molar-refractivity contribution >= 4 is 17.7 Å². The van der Waals surface area contributed by atoms with E-state index in [-0.39, 0.29) is 17.4 Å². The molecule has 0 radical (unpaired) electrons. The second-order valence-corrected chi connectivity index (χ2v) is 12.4. The maximum Gasteiger partial charge on any atom is 0.269 e. The first-order valence-corrected chi connectivity index (χ1v) is 14.4. The molecule has 1 saturated carbocycles. The summed E-state index contributed by atoms with van der Waals surface area (Å²) in [5, 5.41) is 11.8. The Morgan fingerprint density at radius 2 is 1.69 bits per heavy atom. The number of carbonyl (C=O) groups excluding carboxylic acids is 1. The predicted molar refractivity (Wildman–Crippen MR) is 157 cm³/mol. The molecule has 1 aromatic carbocycles. The highest BCUT2D eigenvalue weighted by Gasteiger charge is 2.28. The van der Waals surface area contributed by atoms with Gasteiger partial charge in [-0.2, -0.15) is 10.1 Å². The van der Waals surface area contributed by atoms with Crippen molar-refractivity contribution < 1.29 is 4.79 Å². The van der Waals surface area contributed by atoms with Gasteiger partial charge in [0, 0.05) is 37.2 Å². The molecule has 0 atom stereocenters. The van der Waals surface area contributed by atoms with Crippen molar-refractivity contribution in [2.24, 2.45) is 0 Å². The Morgan fingerprint density at radius 3 is 2.38 bits per heavy atom. The zero-order chi connectivity index (χ0) is 27.6. The number of nitrogens with zero attached hydrogens (tertiary/aromatic N) is 5. The molecule has 208 valence electrons. The van der Waals surface area contributed by atoms with Crippen molar-refractivity contribution in [1.29, 1.82) is 0 Å². The summed E-state index contributed by atoms with van der Waals surface area (Å²) in [5.41, 5.74) is 5.06. The summed E-state index contributed by atoms with van der Waals surface area (Å²) in [5.74, 6) is 1.75. The molecule has 2 aromatic heterocycles. The van der Waals surface area contributed by atoms with Gasteiger partial charge in [0.1, 0.15) is 11.5 Å². The van der Waals surface area contributed by atoms with Crippen molar-refractivity contribution in [3.63, 3.8) is 0 Å². The third-order valence-corrected chi connectivity index (χ3v) is 7.94. The fourth-order valence-electron chi connectivity index (χ4n) is 5.68. The number of amides is 1. The van der Waals surface area contributed by atoms with E-state index >= 15 is 0 Å². The summed E-state index contributed by atoms with van der Waals surface area (Å²) in [6, 6.07) is 12.6. The third-order valence-electron chi connectivity index (χ3n) is 7.94. The summed E-state index contributed by atoms with van der Waals surface area (Å²) >= 11 is 0. The second-order valence-electron chi connectivity index (χ2n) is 12.4. The standard InChI is InChI=1S/C31H43N7O/c1-31(2,3)27-19-26(38(36-27)20-21-11-7-6-8-12-21)29(39)32-22-15-17-23(18-16-22)33-30-34-25-14-10-9-13-24(25)28(35-30)37(4)5/h6-8,11-12,19,22-23H,9-10,13-18,20H2,1-5H3,(H,32,39)(H,33,34,35). The largest absolute Gasteiger partial charge is 0.362 e. The minimum absolute atomic E-state index is 0.0426. The first-order chi connectivity index (χ1) is 18.7. The van der Waals surface area contributed by atoms with Crippen LogP contribution < -0.4 is 15.5 Å². The Morgan fingerprint density at radius 1 is 1.00 bits per heavy atom. The van der Waals surface area contributed by atoms with Crippen LogP contribution in [-0.2, 0) is 24.8 Å². The van der Waals surface area contributed by atoms with E-state index in [4.69, 9.17) is 15.1 Å². The molecule has 2 aliphatic carbocycles. The topological polar surface area (TPSA) is 88.0 Å². The molecule has 0 spiro atoms. The molecule has 2 heterocycles. The lowest BCUT2D eigenvalue weighted by Gasteiger charge is -2.30. The molecule has 2 aliphatic rings. The van der Waals surface area contributed by atoms with Gasteiger partial charge in [-0.25, -0.2) is 4.98 Å². The molecule has 0 saturated heterocycles. The molecule has 0 bridgehead atoms. The smallest absolute Gasteiger partial charge is 0.269 e. The van der Waals surface area contributed by atoms with Crippen LogP contribution in [-0.4, -0.2) is 51.8 Å². The lowest BCUT2D eigenvalue weighted by molar-refractivity contribution is 0.0916. The molecule has 5 rings (SSSR count). The van der Waals surface area contributed by atoms with Gasteiger partial charge < -0.3 is 15.5 Å². The Kier molecular flexibility index (Phi) is 7.91. The molecule has 0 aliphatic heterocycles. The van der Waals surface area contributed by atoms with Crippen LogP contribution in [0.2, 0.25) is 0 Å². The Labute approximate surface area is 232 Å². The molecule has 1 fully saturated rings. The normalized spacial score (nSPS) is 19.3. The van der Waals surface area contributed by atoms with Crippen LogP contribution in [0.4, 0.5) is 11.8 Å². The molecule has 8 heteroatoms. The number of aryl methyl sites for hydroxylation is 1. The van der Waals surface area contributed by atoms with Crippen LogP contribution in [0.15, 0.2) is 36.4 Å². The van der Waals surface area contributed by atoms with E-state index in [0.29, 0.717) is 18.3 Å². The first-order valence-electron chi connectivity index (χ1n) is 14.4. The highest BCUT2D eigenvalue weighted by Crippen LogP contribution is 2.30. The van der Waals surface area contributed by atoms with Gasteiger partial charge >= 0.3 is 0 Å². The third kappa shape index (κ3) is 6.43. The highest BCUT2D eigenvalue weighted by atomic mass is 16.2. The molecule has 0 unspecified atom stereocenters. The molecule has 39 heavy (non-hydrogen) atoms. The number of aromatic nitrogens is 4. The minimum atomic E-state index is -0.133. The number of carbonyl (C=O) groups is 1. The Balaban J connectivity index is 1.22. The predicted octanol–water partition coefficient (Wildman–Crippen LogP) is 5.12. The lowest BCUT2D eigenvalue weighted by atomic mass is 9.91. The summed E-state index contributed by atoms with van der Waals surface area (Å²) in [6.45, 7) is 6.97. The van der Waals surface area contributed by atoms with E-state index in [1.165, 1.54) is 24.1 Å². The number of benzene rings is 1. The lowest BCUT2D eigenvalue weighted by Crippen LogP contribution is -2.41. The van der Waals surface area contributed by atoms with Crippen LogP contribution in [0.25, 0.3) is 0 Å². The molecular weight excluding hydrogens is 486 g/mol. The van der Waals surface area contributed by atoms with Gasteiger partial charge in [-0.3, -0.25) is 9.48 Å². The van der Waals surface area contributed by atoms with Crippen molar-refractivity contribution in [2.45, 2.75) is 96.2 Å². The maximum atomic E-state index is 13.5. The monoisotopic (exact) mass is 529 g/mol. The summed E-state index contributed by atoms with van der Waals surface area (Å²) < 4.78 is 1.86. The van der Waals surface area contributed by atoms with Crippen LogP contribution in [0.5, 0.6) is 0 Å². The number of nitrogens with one attached hydrogen (secondary N) is 2. The van der Waals surface area contributed by atoms with Gasteiger partial charge in [0.05, 0.1) is 17.9 Å². The van der Waals surface area contributed by atoms with Crippen molar-refractivity contribution in [3.05, 3.63) is 64.6 Å². The summed E-state index contributed by atoms with van der Waals surface area (Å²) in [6.07, 6.45) is 8.30. The maximum absolute atomic E-state index is 13.5. The number of hydrogen-bond acceptors (Lipinski definition) is 6. The quantitative estimate of drug-likeness (QED) is 0.442. The van der Waals surface area contributed by atoms with Crippen LogP contribution in [0, 0.1) is 0 Å². The number of rotatable bonds is 7. The van der Waals surface area contributed by atoms with E-state index in [1.807, 2.05) is 28.9 Å². The summed E-state index contributed by atoms with van der Waals surface area (Å²) in [7, 11) is 4.12. The Hall–Kier alpha value is -3.42.